The number of benzene rings is 1. The molecule has 6 nitrogen and oxygen atoms in total. The molecule has 0 saturated heterocycles. The lowest BCUT2D eigenvalue weighted by atomic mass is 10.1. The number of aryl methyl sites for hydroxylation is 1. The standard InChI is InChI=1S/C15H17N3O3/c1-10-17-18-14(21-10)12-4-2-11(3-5-12)13(20)16-8-15(9-19)6-7-15/h2-5,19H,6-9H2,1H3,(H,16,20). The maximum atomic E-state index is 12.0. The number of hydrogen-bond acceptors (Lipinski definition) is 5. The van der Waals surface area contributed by atoms with Crippen LogP contribution in [0.3, 0.4) is 0 Å². The maximum Gasteiger partial charge on any atom is 0.251 e. The molecule has 0 spiro atoms. The molecule has 1 fully saturated rings. The topological polar surface area (TPSA) is 88.2 Å². The van der Waals surface area contributed by atoms with E-state index in [1.54, 1.807) is 31.2 Å². The third-order valence-electron chi connectivity index (χ3n) is 3.84. The van der Waals surface area contributed by atoms with E-state index in [-0.39, 0.29) is 17.9 Å². The van der Waals surface area contributed by atoms with Gasteiger partial charge < -0.3 is 14.8 Å². The lowest BCUT2D eigenvalue weighted by Gasteiger charge is -2.12. The molecule has 110 valence electrons. The smallest absolute Gasteiger partial charge is 0.251 e. The van der Waals surface area contributed by atoms with Crippen LogP contribution in [0, 0.1) is 12.3 Å². The van der Waals surface area contributed by atoms with Crippen molar-refractivity contribution in [3.63, 3.8) is 0 Å². The fraction of sp³-hybridized carbons (Fsp3) is 0.400. The zero-order valence-corrected chi connectivity index (χ0v) is 11.8. The maximum absolute atomic E-state index is 12.0. The molecular weight excluding hydrogens is 270 g/mol. The lowest BCUT2D eigenvalue weighted by molar-refractivity contribution is 0.0935. The third-order valence-corrected chi connectivity index (χ3v) is 3.84. The van der Waals surface area contributed by atoms with E-state index in [4.69, 9.17) is 4.42 Å². The SMILES string of the molecule is Cc1nnc(-c2ccc(C(=O)NCC3(CO)CC3)cc2)o1. The van der Waals surface area contributed by atoms with Crippen molar-refractivity contribution < 1.29 is 14.3 Å². The second-order valence-electron chi connectivity index (χ2n) is 5.54. The number of nitrogens with zero attached hydrogens (tertiary/aromatic N) is 2. The van der Waals surface area contributed by atoms with E-state index in [1.165, 1.54) is 0 Å². The predicted molar refractivity (Wildman–Crippen MR) is 75.6 cm³/mol. The van der Waals surface area contributed by atoms with Crippen molar-refractivity contribution in [3.8, 4) is 11.5 Å². The summed E-state index contributed by atoms with van der Waals surface area (Å²) >= 11 is 0. The Morgan fingerprint density at radius 1 is 1.33 bits per heavy atom. The fourth-order valence-corrected chi connectivity index (χ4v) is 2.11. The van der Waals surface area contributed by atoms with Gasteiger partial charge in [-0.1, -0.05) is 0 Å². The first-order valence-corrected chi connectivity index (χ1v) is 6.91. The summed E-state index contributed by atoms with van der Waals surface area (Å²) in [5.41, 5.74) is 1.27. The highest BCUT2D eigenvalue weighted by atomic mass is 16.4. The van der Waals surface area contributed by atoms with Crippen LogP contribution in [0.15, 0.2) is 28.7 Å². The number of rotatable bonds is 5. The Balaban J connectivity index is 1.65. The van der Waals surface area contributed by atoms with Gasteiger partial charge in [0.25, 0.3) is 5.91 Å². The van der Waals surface area contributed by atoms with Crippen LogP contribution in [0.25, 0.3) is 11.5 Å². The Morgan fingerprint density at radius 2 is 2.05 bits per heavy atom. The molecule has 0 bridgehead atoms. The van der Waals surface area contributed by atoms with Crippen molar-refractivity contribution in [1.82, 2.24) is 15.5 Å². The summed E-state index contributed by atoms with van der Waals surface area (Å²) in [6, 6.07) is 7.01. The number of hydrogen-bond donors (Lipinski definition) is 2. The Bertz CT molecular complexity index is 644. The molecule has 2 N–H and O–H groups in total. The minimum Gasteiger partial charge on any atom is -0.421 e. The molecule has 3 rings (SSSR count). The van der Waals surface area contributed by atoms with Crippen molar-refractivity contribution in [2.45, 2.75) is 19.8 Å². The summed E-state index contributed by atoms with van der Waals surface area (Å²) in [6.07, 6.45) is 1.94. The molecular formula is C15H17N3O3. The second-order valence-corrected chi connectivity index (χ2v) is 5.54. The number of aliphatic hydroxyl groups is 1. The van der Waals surface area contributed by atoms with E-state index in [9.17, 15) is 9.90 Å². The van der Waals surface area contributed by atoms with Gasteiger partial charge in [-0.2, -0.15) is 0 Å². The minimum atomic E-state index is -0.136. The molecule has 0 atom stereocenters. The minimum absolute atomic E-state index is 0.0864. The molecule has 0 unspecified atom stereocenters. The first kappa shape index (κ1) is 13.8. The van der Waals surface area contributed by atoms with Crippen LogP contribution in [0.1, 0.15) is 29.1 Å². The predicted octanol–water partition coefficient (Wildman–Crippen LogP) is 1.55. The van der Waals surface area contributed by atoms with E-state index < -0.39 is 0 Å². The van der Waals surface area contributed by atoms with Crippen LogP contribution in [0.2, 0.25) is 0 Å². The molecule has 1 aliphatic rings. The summed E-state index contributed by atoms with van der Waals surface area (Å²) < 4.78 is 5.33. The van der Waals surface area contributed by atoms with E-state index in [0.717, 1.165) is 18.4 Å². The van der Waals surface area contributed by atoms with Gasteiger partial charge in [0, 0.05) is 30.0 Å². The molecule has 1 aliphatic carbocycles. The number of carbonyl (C=O) groups is 1. The van der Waals surface area contributed by atoms with Gasteiger partial charge in [0.15, 0.2) is 0 Å². The molecule has 1 heterocycles. The second kappa shape index (κ2) is 5.29. The molecule has 0 aliphatic heterocycles. The molecule has 2 aromatic rings. The van der Waals surface area contributed by atoms with Crippen LogP contribution in [0.4, 0.5) is 0 Å². The van der Waals surface area contributed by atoms with Crippen molar-refractivity contribution in [3.05, 3.63) is 35.7 Å². The Morgan fingerprint density at radius 3 is 2.57 bits per heavy atom. The fourth-order valence-electron chi connectivity index (χ4n) is 2.11. The molecule has 1 aromatic carbocycles. The molecule has 21 heavy (non-hydrogen) atoms. The van der Waals surface area contributed by atoms with Gasteiger partial charge in [-0.25, -0.2) is 0 Å². The van der Waals surface area contributed by atoms with Crippen LogP contribution >= 0.6 is 0 Å². The zero-order valence-electron chi connectivity index (χ0n) is 11.8. The third kappa shape index (κ3) is 2.95. The van der Waals surface area contributed by atoms with Gasteiger partial charge in [-0.15, -0.1) is 10.2 Å². The lowest BCUT2D eigenvalue weighted by Crippen LogP contribution is -2.31. The van der Waals surface area contributed by atoms with Gasteiger partial charge in [0.05, 0.1) is 6.61 Å². The Labute approximate surface area is 122 Å². The van der Waals surface area contributed by atoms with Crippen molar-refractivity contribution in [2.75, 3.05) is 13.2 Å². The van der Waals surface area contributed by atoms with Gasteiger partial charge in [-0.05, 0) is 37.1 Å². The summed E-state index contributed by atoms with van der Waals surface area (Å²) in [4.78, 5) is 12.0. The van der Waals surface area contributed by atoms with E-state index in [1.807, 2.05) is 0 Å². The summed E-state index contributed by atoms with van der Waals surface area (Å²) in [6.45, 7) is 2.38. The summed E-state index contributed by atoms with van der Waals surface area (Å²) in [5.74, 6) is 0.810. The van der Waals surface area contributed by atoms with Gasteiger partial charge >= 0.3 is 0 Å². The summed E-state index contributed by atoms with van der Waals surface area (Å²) in [5, 5.41) is 19.8. The number of aliphatic hydroxyl groups excluding tert-OH is 1. The van der Waals surface area contributed by atoms with E-state index in [2.05, 4.69) is 15.5 Å². The Hall–Kier alpha value is -2.21. The van der Waals surface area contributed by atoms with Gasteiger partial charge in [0.1, 0.15) is 0 Å². The zero-order chi connectivity index (χ0) is 14.9. The van der Waals surface area contributed by atoms with Crippen LogP contribution in [0.5, 0.6) is 0 Å². The number of aromatic nitrogens is 2. The number of nitrogens with one attached hydrogen (secondary N) is 1. The van der Waals surface area contributed by atoms with Gasteiger partial charge in [0.2, 0.25) is 11.8 Å². The van der Waals surface area contributed by atoms with Crippen molar-refractivity contribution in [1.29, 1.82) is 0 Å². The molecule has 1 amide bonds. The monoisotopic (exact) mass is 287 g/mol. The quantitative estimate of drug-likeness (QED) is 0.871. The highest BCUT2D eigenvalue weighted by molar-refractivity contribution is 5.94. The van der Waals surface area contributed by atoms with Crippen LogP contribution in [-0.4, -0.2) is 34.4 Å². The number of amides is 1. The molecule has 1 aromatic heterocycles. The van der Waals surface area contributed by atoms with Crippen molar-refractivity contribution >= 4 is 5.91 Å². The largest absolute Gasteiger partial charge is 0.421 e. The van der Waals surface area contributed by atoms with E-state index in [0.29, 0.717) is 23.9 Å². The van der Waals surface area contributed by atoms with Crippen molar-refractivity contribution in [2.24, 2.45) is 5.41 Å². The van der Waals surface area contributed by atoms with Crippen LogP contribution in [-0.2, 0) is 0 Å². The normalized spacial score (nSPS) is 15.7. The van der Waals surface area contributed by atoms with E-state index >= 15 is 0 Å². The molecule has 1 saturated carbocycles. The average Bonchev–Trinajstić information content (AvgIpc) is 3.18. The summed E-state index contributed by atoms with van der Waals surface area (Å²) in [7, 11) is 0. The first-order valence-electron chi connectivity index (χ1n) is 6.91. The Kier molecular flexibility index (Phi) is 3.47. The molecule has 6 heteroatoms. The molecule has 0 radical (unpaired) electrons. The van der Waals surface area contributed by atoms with Crippen LogP contribution < -0.4 is 5.32 Å². The highest BCUT2D eigenvalue weighted by Gasteiger charge is 2.42. The first-order chi connectivity index (χ1) is 10.1. The van der Waals surface area contributed by atoms with Gasteiger partial charge in [-0.3, -0.25) is 4.79 Å². The number of carbonyl (C=O) groups excluding carboxylic acids is 1. The average molecular weight is 287 g/mol. The highest BCUT2D eigenvalue weighted by Crippen LogP contribution is 2.44.